The monoisotopic (exact) mass is 825 g/mol. The molecule has 6 heteroatoms. The first-order valence-electron chi connectivity index (χ1n) is 22.0. The lowest BCUT2D eigenvalue weighted by atomic mass is 9.34. The van der Waals surface area contributed by atoms with Crippen LogP contribution in [0.25, 0.3) is 16.6 Å². The molecule has 0 atom stereocenters. The molecule has 0 N–H and O–H groups in total. The summed E-state index contributed by atoms with van der Waals surface area (Å²) in [5, 5.41) is 1.16. The number of ether oxygens (including phenoxy) is 1. The highest BCUT2D eigenvalue weighted by molar-refractivity contribution is 7.99. The first kappa shape index (κ1) is 38.8. The molecule has 0 amide bonds. The molecule has 0 bridgehead atoms. The third kappa shape index (κ3) is 6.05. The van der Waals surface area contributed by atoms with Gasteiger partial charge < -0.3 is 19.1 Å². The summed E-state index contributed by atoms with van der Waals surface area (Å²) in [6.07, 6.45) is 0. The summed E-state index contributed by atoms with van der Waals surface area (Å²) >= 11 is 1.79. The molecule has 4 nitrogen and oxygen atoms in total. The molecule has 62 heavy (non-hydrogen) atoms. The molecule has 0 fully saturated rings. The van der Waals surface area contributed by atoms with E-state index in [-0.39, 0.29) is 23.0 Å². The molecule has 0 saturated carbocycles. The van der Waals surface area contributed by atoms with E-state index in [0.717, 1.165) is 49.3 Å². The molecule has 306 valence electrons. The standard InChI is InChI=1S/C56H52BN3OS/c1-54(2,3)35-22-27-39(28-23-35)58-43-31-26-37(56(7,8)9)32-42(43)57-51-44(58)18-15-19-45(51)59(40-29-24-36(25-30-40)55(4,5)6)52-41-33-48-50(62-49-21-14-13-20-47(49)61-48)34-46(41)60(53(52)57)38-16-11-10-12-17-38/h10-34H,1-9H3. The lowest BCUT2D eigenvalue weighted by molar-refractivity contribution is 0.455. The molecule has 11 rings (SSSR count). The number of rotatable bonds is 3. The van der Waals surface area contributed by atoms with Crippen LogP contribution in [0.2, 0.25) is 0 Å². The zero-order chi connectivity index (χ0) is 42.9. The van der Waals surface area contributed by atoms with Gasteiger partial charge in [-0.1, -0.05) is 147 Å². The van der Waals surface area contributed by atoms with Gasteiger partial charge in [-0.3, -0.25) is 0 Å². The van der Waals surface area contributed by atoms with Crippen LogP contribution in [-0.4, -0.2) is 11.3 Å². The van der Waals surface area contributed by atoms with Crippen LogP contribution in [-0.2, 0) is 16.2 Å². The average molecular weight is 826 g/mol. The van der Waals surface area contributed by atoms with Crippen molar-refractivity contribution in [3.8, 4) is 17.2 Å². The lowest BCUT2D eigenvalue weighted by Crippen LogP contribution is -2.63. The van der Waals surface area contributed by atoms with E-state index in [1.165, 1.54) is 56.0 Å². The Kier molecular flexibility index (Phi) is 8.57. The molecular formula is C56H52BN3OS. The minimum atomic E-state index is -0.0842. The van der Waals surface area contributed by atoms with E-state index in [9.17, 15) is 0 Å². The molecule has 3 aliphatic heterocycles. The summed E-state index contributed by atoms with van der Waals surface area (Å²) < 4.78 is 9.35. The van der Waals surface area contributed by atoms with Gasteiger partial charge in [0.1, 0.15) is 11.5 Å². The largest absolute Gasteiger partial charge is 0.455 e. The Morgan fingerprint density at radius 2 is 1.05 bits per heavy atom. The van der Waals surface area contributed by atoms with Crippen molar-refractivity contribution in [2.75, 3.05) is 9.80 Å². The Morgan fingerprint density at radius 3 is 1.69 bits per heavy atom. The van der Waals surface area contributed by atoms with Crippen molar-refractivity contribution in [2.45, 2.75) is 88.3 Å². The van der Waals surface area contributed by atoms with Gasteiger partial charge in [-0.15, -0.1) is 0 Å². The van der Waals surface area contributed by atoms with Crippen molar-refractivity contribution in [2.24, 2.45) is 0 Å². The molecule has 8 aromatic rings. The van der Waals surface area contributed by atoms with E-state index in [1.54, 1.807) is 11.8 Å². The van der Waals surface area contributed by atoms with Crippen molar-refractivity contribution < 1.29 is 4.74 Å². The van der Waals surface area contributed by atoms with E-state index >= 15 is 0 Å². The van der Waals surface area contributed by atoms with Crippen molar-refractivity contribution >= 4 is 80.0 Å². The van der Waals surface area contributed by atoms with Crippen LogP contribution < -0.4 is 31.1 Å². The van der Waals surface area contributed by atoms with Gasteiger partial charge in [-0.2, -0.15) is 0 Å². The molecular weight excluding hydrogens is 774 g/mol. The quantitative estimate of drug-likeness (QED) is 0.165. The minimum absolute atomic E-state index is 0.0216. The van der Waals surface area contributed by atoms with E-state index < -0.39 is 0 Å². The second-order valence-electron chi connectivity index (χ2n) is 20.3. The SMILES string of the molecule is CC(C)(C)c1ccc(N2c3ccc(C(C)(C)C)cc3B3c4c2cccc4N(c2ccc(C(C)(C)C)cc2)c2c3n(-c3ccccc3)c3cc4c(cc23)Oc2ccccc2S4)cc1. The Bertz CT molecular complexity index is 3070. The highest BCUT2D eigenvalue weighted by Crippen LogP contribution is 2.52. The van der Waals surface area contributed by atoms with Crippen LogP contribution in [0.1, 0.15) is 79.0 Å². The zero-order valence-electron chi connectivity index (χ0n) is 37.2. The summed E-state index contributed by atoms with van der Waals surface area (Å²) in [5.41, 5.74) is 17.2. The van der Waals surface area contributed by atoms with Gasteiger partial charge in [0.05, 0.1) is 21.0 Å². The van der Waals surface area contributed by atoms with Crippen molar-refractivity contribution in [3.05, 3.63) is 168 Å². The lowest BCUT2D eigenvalue weighted by Gasteiger charge is -2.44. The fourth-order valence-electron chi connectivity index (χ4n) is 9.81. The van der Waals surface area contributed by atoms with Crippen LogP contribution in [0.15, 0.2) is 161 Å². The molecule has 0 radical (unpaired) electrons. The van der Waals surface area contributed by atoms with Gasteiger partial charge >= 0.3 is 0 Å². The molecule has 0 spiro atoms. The van der Waals surface area contributed by atoms with Gasteiger partial charge in [0.2, 0.25) is 0 Å². The first-order valence-corrected chi connectivity index (χ1v) is 22.8. The summed E-state index contributed by atoms with van der Waals surface area (Å²) in [6.45, 7) is 20.6. The van der Waals surface area contributed by atoms with Gasteiger partial charge in [-0.25, -0.2) is 0 Å². The normalized spacial score (nSPS) is 14.2. The summed E-state index contributed by atoms with van der Waals surface area (Å²) in [6, 6.07) is 56.8. The number of para-hydroxylation sites is 2. The highest BCUT2D eigenvalue weighted by Gasteiger charge is 2.47. The fourth-order valence-corrected chi connectivity index (χ4v) is 10.8. The van der Waals surface area contributed by atoms with Crippen LogP contribution in [0.5, 0.6) is 11.5 Å². The van der Waals surface area contributed by atoms with Gasteiger partial charge in [0.25, 0.3) is 6.71 Å². The first-order chi connectivity index (χ1) is 29.6. The van der Waals surface area contributed by atoms with E-state index in [4.69, 9.17) is 4.74 Å². The van der Waals surface area contributed by atoms with Crippen LogP contribution >= 0.6 is 11.8 Å². The maximum atomic E-state index is 6.79. The number of hydrogen-bond acceptors (Lipinski definition) is 4. The molecule has 0 saturated heterocycles. The molecule has 0 aliphatic carbocycles. The Balaban J connectivity index is 1.27. The van der Waals surface area contributed by atoms with Crippen LogP contribution in [0, 0.1) is 0 Å². The summed E-state index contributed by atoms with van der Waals surface area (Å²) in [5.74, 6) is 1.79. The smallest absolute Gasteiger partial charge is 0.273 e. The van der Waals surface area contributed by atoms with Crippen LogP contribution in [0.3, 0.4) is 0 Å². The highest BCUT2D eigenvalue weighted by atomic mass is 32.2. The number of aromatic nitrogens is 1. The van der Waals surface area contributed by atoms with Gasteiger partial charge in [0, 0.05) is 45.1 Å². The predicted molar refractivity (Wildman–Crippen MR) is 264 cm³/mol. The van der Waals surface area contributed by atoms with Gasteiger partial charge in [0.15, 0.2) is 0 Å². The number of benzene rings is 7. The summed E-state index contributed by atoms with van der Waals surface area (Å²) in [7, 11) is 0. The zero-order valence-corrected chi connectivity index (χ0v) is 38.0. The number of fused-ring (bicyclic) bond motifs is 8. The Labute approximate surface area is 371 Å². The molecule has 0 unspecified atom stereocenters. The third-order valence-corrected chi connectivity index (χ3v) is 14.2. The average Bonchev–Trinajstić information content (AvgIpc) is 3.57. The van der Waals surface area contributed by atoms with Gasteiger partial charge in [-0.05, 0) is 123 Å². The molecule has 3 aliphatic rings. The number of hydrogen-bond donors (Lipinski definition) is 0. The molecule has 7 aromatic carbocycles. The van der Waals surface area contributed by atoms with Crippen LogP contribution in [0.4, 0.5) is 34.1 Å². The summed E-state index contributed by atoms with van der Waals surface area (Å²) in [4.78, 5) is 7.32. The predicted octanol–water partition coefficient (Wildman–Crippen LogP) is 13.9. The Morgan fingerprint density at radius 1 is 0.468 bits per heavy atom. The van der Waals surface area contributed by atoms with E-state index in [1.807, 2.05) is 0 Å². The van der Waals surface area contributed by atoms with Crippen molar-refractivity contribution in [3.63, 3.8) is 0 Å². The molecule has 4 heterocycles. The van der Waals surface area contributed by atoms with E-state index in [2.05, 4.69) is 228 Å². The number of nitrogens with zero attached hydrogens (tertiary/aromatic N) is 3. The third-order valence-electron chi connectivity index (χ3n) is 13.1. The topological polar surface area (TPSA) is 20.6 Å². The fraction of sp³-hybridized carbons (Fsp3) is 0.214. The second-order valence-corrected chi connectivity index (χ2v) is 21.4. The maximum absolute atomic E-state index is 6.79. The minimum Gasteiger partial charge on any atom is -0.455 e. The van der Waals surface area contributed by atoms with Crippen molar-refractivity contribution in [1.82, 2.24) is 4.57 Å². The van der Waals surface area contributed by atoms with E-state index in [0.29, 0.717) is 0 Å². The maximum Gasteiger partial charge on any atom is 0.273 e. The second kappa shape index (κ2) is 13.7. The number of anilines is 6. The Hall–Kier alpha value is -6.11. The van der Waals surface area contributed by atoms with Crippen molar-refractivity contribution in [1.29, 1.82) is 0 Å². The molecule has 1 aromatic heterocycles.